The van der Waals surface area contributed by atoms with Crippen LogP contribution >= 0.6 is 0 Å². The Morgan fingerprint density at radius 3 is 2.64 bits per heavy atom. The number of ether oxygens (including phenoxy) is 1. The van der Waals surface area contributed by atoms with Gasteiger partial charge < -0.3 is 9.64 Å². The van der Waals surface area contributed by atoms with E-state index in [2.05, 4.69) is 13.8 Å². The number of anilines is 1. The Morgan fingerprint density at radius 1 is 1.40 bits per heavy atom. The molecule has 0 bridgehead atoms. The zero-order valence-electron chi connectivity index (χ0n) is 15.7. The molecule has 25 heavy (non-hydrogen) atoms. The van der Waals surface area contributed by atoms with Gasteiger partial charge in [0.1, 0.15) is 0 Å². The molecule has 0 saturated heterocycles. The molecule has 0 spiro atoms. The Bertz CT molecular complexity index is 731. The van der Waals surface area contributed by atoms with Gasteiger partial charge in [-0.15, -0.1) is 0 Å². The molecule has 1 aliphatic rings. The van der Waals surface area contributed by atoms with Gasteiger partial charge in [0.15, 0.2) is 0 Å². The van der Waals surface area contributed by atoms with Crippen molar-refractivity contribution in [2.45, 2.75) is 33.2 Å². The van der Waals surface area contributed by atoms with Crippen LogP contribution in [0, 0.1) is 5.92 Å². The van der Waals surface area contributed by atoms with Crippen molar-refractivity contribution in [3.8, 4) is 0 Å². The van der Waals surface area contributed by atoms with Crippen molar-refractivity contribution in [2.24, 2.45) is 5.92 Å². The second-order valence-corrected chi connectivity index (χ2v) is 8.95. The molecule has 1 aromatic rings. The molecule has 1 heterocycles. The molecule has 1 amide bonds. The molecule has 1 aromatic carbocycles. The lowest BCUT2D eigenvalue weighted by Crippen LogP contribution is -2.36. The van der Waals surface area contributed by atoms with Crippen molar-refractivity contribution in [1.82, 2.24) is 4.90 Å². The molecule has 1 unspecified atom stereocenters. The Kier molecular flexibility index (Phi) is 6.11. The first-order valence-corrected chi connectivity index (χ1v) is 10.4. The maximum absolute atomic E-state index is 12.9. The van der Waals surface area contributed by atoms with Crippen LogP contribution in [0.15, 0.2) is 18.2 Å². The molecule has 6 nitrogen and oxygen atoms in total. The van der Waals surface area contributed by atoms with E-state index in [1.54, 1.807) is 24.1 Å². The van der Waals surface area contributed by atoms with Crippen LogP contribution in [0.4, 0.5) is 5.69 Å². The number of sulfonamides is 1. The van der Waals surface area contributed by atoms with Crippen LogP contribution in [0.5, 0.6) is 0 Å². The van der Waals surface area contributed by atoms with E-state index in [-0.39, 0.29) is 11.9 Å². The van der Waals surface area contributed by atoms with Crippen molar-refractivity contribution in [3.05, 3.63) is 29.3 Å². The highest BCUT2D eigenvalue weighted by atomic mass is 32.2. The van der Waals surface area contributed by atoms with Gasteiger partial charge in [0, 0.05) is 31.8 Å². The normalized spacial score (nSPS) is 17.0. The highest BCUT2D eigenvalue weighted by Crippen LogP contribution is 2.34. The molecular formula is C18H28N2O4S. The monoisotopic (exact) mass is 368 g/mol. The number of rotatable bonds is 7. The SMILES string of the molecule is COCCN(CC(C)C)C(=O)c1ccc2c(c1)CC(C)N2S(C)(=O)=O. The van der Waals surface area contributed by atoms with Gasteiger partial charge in [0.05, 0.1) is 18.6 Å². The van der Waals surface area contributed by atoms with Crippen molar-refractivity contribution >= 4 is 21.6 Å². The van der Waals surface area contributed by atoms with Gasteiger partial charge in [-0.2, -0.15) is 0 Å². The fraction of sp³-hybridized carbons (Fsp3) is 0.611. The lowest BCUT2D eigenvalue weighted by atomic mass is 10.1. The van der Waals surface area contributed by atoms with Gasteiger partial charge in [0.25, 0.3) is 5.91 Å². The van der Waals surface area contributed by atoms with Gasteiger partial charge in [-0.3, -0.25) is 9.10 Å². The van der Waals surface area contributed by atoms with Gasteiger partial charge in [-0.1, -0.05) is 13.8 Å². The van der Waals surface area contributed by atoms with Crippen LogP contribution < -0.4 is 4.31 Å². The predicted octanol–water partition coefficient (Wildman–Crippen LogP) is 2.14. The minimum atomic E-state index is -3.32. The smallest absolute Gasteiger partial charge is 0.253 e. The summed E-state index contributed by atoms with van der Waals surface area (Å²) in [4.78, 5) is 14.7. The third-order valence-electron chi connectivity index (χ3n) is 4.27. The molecule has 0 N–H and O–H groups in total. The highest BCUT2D eigenvalue weighted by Gasteiger charge is 2.33. The van der Waals surface area contributed by atoms with E-state index in [9.17, 15) is 13.2 Å². The number of nitrogens with zero attached hydrogens (tertiary/aromatic N) is 2. The summed E-state index contributed by atoms with van der Waals surface area (Å²) in [5.41, 5.74) is 2.18. The van der Waals surface area contributed by atoms with Crippen molar-refractivity contribution in [1.29, 1.82) is 0 Å². The molecule has 0 aromatic heterocycles. The lowest BCUT2D eigenvalue weighted by Gasteiger charge is -2.25. The number of benzene rings is 1. The number of hydrogen-bond donors (Lipinski definition) is 0. The summed E-state index contributed by atoms with van der Waals surface area (Å²) in [6, 6.07) is 5.17. The van der Waals surface area contributed by atoms with Crippen molar-refractivity contribution in [2.75, 3.05) is 37.4 Å². The second kappa shape index (κ2) is 7.74. The van der Waals surface area contributed by atoms with E-state index in [0.717, 1.165) is 5.56 Å². The molecule has 0 saturated carbocycles. The Morgan fingerprint density at radius 2 is 2.08 bits per heavy atom. The van der Waals surface area contributed by atoms with Crippen LogP contribution in [0.25, 0.3) is 0 Å². The van der Waals surface area contributed by atoms with E-state index in [4.69, 9.17) is 4.74 Å². The first kappa shape index (κ1) is 19.7. The minimum absolute atomic E-state index is 0.0426. The van der Waals surface area contributed by atoms with E-state index < -0.39 is 10.0 Å². The number of carbonyl (C=O) groups excluding carboxylic acids is 1. The fourth-order valence-corrected chi connectivity index (χ4v) is 4.61. The molecule has 2 rings (SSSR count). The Balaban J connectivity index is 2.29. The summed E-state index contributed by atoms with van der Waals surface area (Å²) in [5.74, 6) is 0.315. The largest absolute Gasteiger partial charge is 0.383 e. The number of hydrogen-bond acceptors (Lipinski definition) is 4. The summed E-state index contributed by atoms with van der Waals surface area (Å²) >= 11 is 0. The summed E-state index contributed by atoms with van der Waals surface area (Å²) < 4.78 is 30.6. The lowest BCUT2D eigenvalue weighted by molar-refractivity contribution is 0.0672. The number of amides is 1. The maximum Gasteiger partial charge on any atom is 0.253 e. The van der Waals surface area contributed by atoms with Crippen LogP contribution in [-0.2, 0) is 21.2 Å². The molecule has 1 aliphatic heterocycles. The average Bonchev–Trinajstić information content (AvgIpc) is 2.85. The predicted molar refractivity (Wildman–Crippen MR) is 99.5 cm³/mol. The van der Waals surface area contributed by atoms with Gasteiger partial charge >= 0.3 is 0 Å². The molecular weight excluding hydrogens is 340 g/mol. The second-order valence-electron chi connectivity index (χ2n) is 7.09. The van der Waals surface area contributed by atoms with Gasteiger partial charge in [-0.25, -0.2) is 8.42 Å². The number of fused-ring (bicyclic) bond motifs is 1. The summed E-state index contributed by atoms with van der Waals surface area (Å²) in [5, 5.41) is 0. The molecule has 7 heteroatoms. The van der Waals surface area contributed by atoms with E-state index >= 15 is 0 Å². The standard InChI is InChI=1S/C18H28N2O4S/c1-13(2)12-19(8-9-24-4)18(21)15-6-7-17-16(11-15)10-14(3)20(17)25(5,22)23/h6-7,11,13-14H,8-10,12H2,1-5H3. The van der Waals surface area contributed by atoms with Crippen molar-refractivity contribution in [3.63, 3.8) is 0 Å². The molecule has 0 radical (unpaired) electrons. The molecule has 1 atom stereocenters. The summed E-state index contributed by atoms with van der Waals surface area (Å²) in [6.45, 7) is 7.71. The highest BCUT2D eigenvalue weighted by molar-refractivity contribution is 7.92. The van der Waals surface area contributed by atoms with Gasteiger partial charge in [-0.05, 0) is 43.0 Å². The Labute approximate surface area is 150 Å². The molecule has 140 valence electrons. The zero-order chi connectivity index (χ0) is 18.8. The van der Waals surface area contributed by atoms with Crippen molar-refractivity contribution < 1.29 is 17.9 Å². The van der Waals surface area contributed by atoms with Gasteiger partial charge in [0.2, 0.25) is 10.0 Å². The van der Waals surface area contributed by atoms with Crippen LogP contribution in [0.2, 0.25) is 0 Å². The summed E-state index contributed by atoms with van der Waals surface area (Å²) in [6.07, 6.45) is 1.83. The molecule has 0 aliphatic carbocycles. The maximum atomic E-state index is 12.9. The van der Waals surface area contributed by atoms with Crippen LogP contribution in [-0.4, -0.2) is 58.3 Å². The van der Waals surface area contributed by atoms with Crippen LogP contribution in [0.1, 0.15) is 36.7 Å². The van der Waals surface area contributed by atoms with E-state index in [1.807, 2.05) is 13.0 Å². The third-order valence-corrected chi connectivity index (χ3v) is 5.55. The first-order valence-electron chi connectivity index (χ1n) is 8.55. The average molecular weight is 368 g/mol. The molecule has 0 fully saturated rings. The zero-order valence-corrected chi connectivity index (χ0v) is 16.5. The summed E-state index contributed by atoms with van der Waals surface area (Å²) in [7, 11) is -1.70. The minimum Gasteiger partial charge on any atom is -0.383 e. The number of carbonyl (C=O) groups is 1. The quantitative estimate of drug-likeness (QED) is 0.740. The fourth-order valence-electron chi connectivity index (χ4n) is 3.34. The van der Waals surface area contributed by atoms with E-state index in [1.165, 1.54) is 10.6 Å². The first-order chi connectivity index (χ1) is 11.6. The van der Waals surface area contributed by atoms with Crippen LogP contribution in [0.3, 0.4) is 0 Å². The number of methoxy groups -OCH3 is 1. The Hall–Kier alpha value is -1.60. The topological polar surface area (TPSA) is 66.9 Å². The van der Waals surface area contributed by atoms with E-state index in [0.29, 0.717) is 43.3 Å². The third kappa shape index (κ3) is 4.52.